The summed E-state index contributed by atoms with van der Waals surface area (Å²) in [6, 6.07) is 0.262. The summed E-state index contributed by atoms with van der Waals surface area (Å²) < 4.78 is 7.54. The lowest BCUT2D eigenvalue weighted by atomic mass is 10.1. The van der Waals surface area contributed by atoms with Crippen LogP contribution in [-0.2, 0) is 4.74 Å². The number of carbonyl (C=O) groups is 1. The quantitative estimate of drug-likeness (QED) is 0.759. The van der Waals surface area contributed by atoms with Gasteiger partial charge in [-0.1, -0.05) is 11.9 Å². The first-order valence-electron chi connectivity index (χ1n) is 5.69. The molecule has 1 aliphatic rings. The molecule has 1 rings (SSSR count). The van der Waals surface area contributed by atoms with Crippen LogP contribution in [0.15, 0.2) is 0 Å². The van der Waals surface area contributed by atoms with Gasteiger partial charge in [-0.05, 0) is 39.9 Å². The van der Waals surface area contributed by atoms with Crippen molar-refractivity contribution in [3.63, 3.8) is 0 Å². The number of hydrogen-bond donors (Lipinski definition) is 1. The van der Waals surface area contributed by atoms with Gasteiger partial charge in [-0.15, -0.1) is 0 Å². The average molecular weight is 246 g/mol. The Morgan fingerprint density at radius 3 is 2.38 bits per heavy atom. The number of piperidine rings is 1. The Morgan fingerprint density at radius 1 is 1.38 bits per heavy atom. The number of ether oxygens (including phenoxy) is 1. The number of amides is 1. The van der Waals surface area contributed by atoms with Crippen LogP contribution in [0.3, 0.4) is 0 Å². The monoisotopic (exact) mass is 246 g/mol. The molecule has 94 valence electrons. The summed E-state index contributed by atoms with van der Waals surface area (Å²) in [6.07, 6.45) is 3.79. The van der Waals surface area contributed by atoms with E-state index in [4.69, 9.17) is 4.74 Å². The van der Waals surface area contributed by atoms with Crippen LogP contribution in [0.1, 0.15) is 33.6 Å². The Balaban J connectivity index is 2.26. The third-order valence-corrected chi connectivity index (χ3v) is 3.31. The maximum Gasteiger partial charge on any atom is 0.407 e. The Hall–Kier alpha value is -0.420. The number of rotatable bonds is 2. The van der Waals surface area contributed by atoms with Crippen LogP contribution in [0.25, 0.3) is 0 Å². The minimum absolute atomic E-state index is 0.262. The SMILES string of the molecule is CSN1CCC(NC(=O)OC(C)(C)C)CC1. The molecule has 0 aromatic heterocycles. The molecule has 0 spiro atoms. The van der Waals surface area contributed by atoms with E-state index in [0.29, 0.717) is 0 Å². The first kappa shape index (κ1) is 13.6. The van der Waals surface area contributed by atoms with Crippen LogP contribution in [0.4, 0.5) is 4.79 Å². The minimum atomic E-state index is -0.413. The molecule has 4 nitrogen and oxygen atoms in total. The molecule has 0 unspecified atom stereocenters. The number of nitrogens with zero attached hydrogens (tertiary/aromatic N) is 1. The molecule has 0 bridgehead atoms. The molecular weight excluding hydrogens is 224 g/mol. The maximum atomic E-state index is 11.5. The Kier molecular flexibility index (Phi) is 4.92. The summed E-state index contributed by atoms with van der Waals surface area (Å²) in [5.74, 6) is 0. The molecule has 1 fully saturated rings. The second kappa shape index (κ2) is 5.77. The Bertz CT molecular complexity index is 233. The lowest BCUT2D eigenvalue weighted by Gasteiger charge is -2.31. The molecule has 16 heavy (non-hydrogen) atoms. The first-order chi connectivity index (χ1) is 7.40. The maximum absolute atomic E-state index is 11.5. The summed E-state index contributed by atoms with van der Waals surface area (Å²) in [4.78, 5) is 11.5. The van der Waals surface area contributed by atoms with Crippen LogP contribution in [-0.4, -0.2) is 41.4 Å². The highest BCUT2D eigenvalue weighted by molar-refractivity contribution is 7.96. The second-order valence-corrected chi connectivity index (χ2v) is 5.91. The van der Waals surface area contributed by atoms with Gasteiger partial charge >= 0.3 is 6.09 Å². The van der Waals surface area contributed by atoms with Gasteiger partial charge in [0.15, 0.2) is 0 Å². The zero-order valence-corrected chi connectivity index (χ0v) is 11.4. The normalized spacial score (nSPS) is 19.5. The lowest BCUT2D eigenvalue weighted by Crippen LogP contribution is -2.44. The van der Waals surface area contributed by atoms with Crippen molar-refractivity contribution in [2.24, 2.45) is 0 Å². The second-order valence-electron chi connectivity index (χ2n) is 5.03. The molecule has 0 aromatic carbocycles. The van der Waals surface area contributed by atoms with Crippen LogP contribution in [0, 0.1) is 0 Å². The predicted octanol–water partition coefficient (Wildman–Crippen LogP) is 2.25. The highest BCUT2D eigenvalue weighted by atomic mass is 32.2. The van der Waals surface area contributed by atoms with Gasteiger partial charge in [-0.2, -0.15) is 0 Å². The van der Waals surface area contributed by atoms with E-state index in [1.807, 2.05) is 20.8 Å². The predicted molar refractivity (Wildman–Crippen MR) is 67.5 cm³/mol. The molecule has 0 radical (unpaired) electrons. The van der Waals surface area contributed by atoms with Gasteiger partial charge < -0.3 is 10.1 Å². The van der Waals surface area contributed by atoms with Crippen molar-refractivity contribution in [2.45, 2.75) is 45.3 Å². The molecule has 0 aromatic rings. The van der Waals surface area contributed by atoms with Crippen LogP contribution < -0.4 is 5.32 Å². The molecule has 1 heterocycles. The third-order valence-electron chi connectivity index (χ3n) is 2.43. The molecule has 5 heteroatoms. The van der Waals surface area contributed by atoms with Crippen molar-refractivity contribution in [1.29, 1.82) is 0 Å². The Morgan fingerprint density at radius 2 is 1.94 bits per heavy atom. The van der Waals surface area contributed by atoms with Crippen LogP contribution in [0.2, 0.25) is 0 Å². The highest BCUT2D eigenvalue weighted by Crippen LogP contribution is 2.16. The summed E-state index contributed by atoms with van der Waals surface area (Å²) >= 11 is 1.77. The van der Waals surface area contributed by atoms with Gasteiger partial charge in [0.05, 0.1) is 0 Å². The van der Waals surface area contributed by atoms with E-state index in [0.717, 1.165) is 25.9 Å². The zero-order chi connectivity index (χ0) is 12.2. The van der Waals surface area contributed by atoms with Crippen molar-refractivity contribution in [3.05, 3.63) is 0 Å². The van der Waals surface area contributed by atoms with Crippen molar-refractivity contribution < 1.29 is 9.53 Å². The topological polar surface area (TPSA) is 41.6 Å². The number of carbonyl (C=O) groups excluding carboxylic acids is 1. The van der Waals surface area contributed by atoms with Crippen molar-refractivity contribution >= 4 is 18.0 Å². The van der Waals surface area contributed by atoms with Crippen LogP contribution >= 0.6 is 11.9 Å². The highest BCUT2D eigenvalue weighted by Gasteiger charge is 2.23. The van der Waals surface area contributed by atoms with Crippen molar-refractivity contribution in [2.75, 3.05) is 19.3 Å². The van der Waals surface area contributed by atoms with E-state index in [9.17, 15) is 4.79 Å². The summed E-state index contributed by atoms with van der Waals surface area (Å²) in [7, 11) is 0. The molecule has 0 saturated carbocycles. The largest absolute Gasteiger partial charge is 0.444 e. The zero-order valence-electron chi connectivity index (χ0n) is 10.6. The fraction of sp³-hybridized carbons (Fsp3) is 0.909. The lowest BCUT2D eigenvalue weighted by molar-refractivity contribution is 0.0490. The van der Waals surface area contributed by atoms with Gasteiger partial charge in [-0.3, -0.25) is 4.31 Å². The summed E-state index contributed by atoms with van der Waals surface area (Å²) in [5.41, 5.74) is -0.413. The third kappa shape index (κ3) is 5.07. The van der Waals surface area contributed by atoms with E-state index in [2.05, 4.69) is 15.9 Å². The molecule has 1 saturated heterocycles. The van der Waals surface area contributed by atoms with E-state index >= 15 is 0 Å². The minimum Gasteiger partial charge on any atom is -0.444 e. The Labute approximate surface area is 102 Å². The molecular formula is C11H22N2O2S. The fourth-order valence-corrected chi connectivity index (χ4v) is 2.23. The average Bonchev–Trinajstić information content (AvgIpc) is 2.16. The number of hydrogen-bond acceptors (Lipinski definition) is 4. The fourth-order valence-electron chi connectivity index (χ4n) is 1.66. The molecule has 0 atom stereocenters. The van der Waals surface area contributed by atoms with Gasteiger partial charge in [0.25, 0.3) is 0 Å². The van der Waals surface area contributed by atoms with E-state index in [-0.39, 0.29) is 12.1 Å². The first-order valence-corrected chi connectivity index (χ1v) is 6.87. The van der Waals surface area contributed by atoms with E-state index in [1.165, 1.54) is 0 Å². The van der Waals surface area contributed by atoms with Gasteiger partial charge in [0.2, 0.25) is 0 Å². The molecule has 1 amide bonds. The molecule has 1 aliphatic heterocycles. The summed E-state index contributed by atoms with van der Waals surface area (Å²) in [6.45, 7) is 7.69. The molecule has 1 N–H and O–H groups in total. The van der Waals surface area contributed by atoms with Gasteiger partial charge in [0, 0.05) is 19.1 Å². The van der Waals surface area contributed by atoms with Crippen LogP contribution in [0.5, 0.6) is 0 Å². The standard InChI is InChI=1S/C11H22N2O2S/c1-11(2,3)15-10(14)12-9-5-7-13(16-4)8-6-9/h9H,5-8H2,1-4H3,(H,12,14). The smallest absolute Gasteiger partial charge is 0.407 e. The van der Waals surface area contributed by atoms with Crippen molar-refractivity contribution in [1.82, 2.24) is 9.62 Å². The number of alkyl carbamates (subject to hydrolysis) is 1. The van der Waals surface area contributed by atoms with Gasteiger partial charge in [0.1, 0.15) is 5.60 Å². The van der Waals surface area contributed by atoms with Gasteiger partial charge in [-0.25, -0.2) is 4.79 Å². The van der Waals surface area contributed by atoms with E-state index in [1.54, 1.807) is 11.9 Å². The number of nitrogens with one attached hydrogen (secondary N) is 1. The van der Waals surface area contributed by atoms with E-state index < -0.39 is 5.60 Å². The van der Waals surface area contributed by atoms with Crippen molar-refractivity contribution in [3.8, 4) is 0 Å². The summed E-state index contributed by atoms with van der Waals surface area (Å²) in [5, 5.41) is 2.92. The molecule has 0 aliphatic carbocycles.